The summed E-state index contributed by atoms with van der Waals surface area (Å²) >= 11 is 0. The lowest BCUT2D eigenvalue weighted by Gasteiger charge is -2.26. The molecule has 8 heteroatoms. The number of rotatable bonds is 3. The Morgan fingerprint density at radius 2 is 2.07 bits per heavy atom. The number of carbonyl (C=O) groups excluding carboxylic acids is 1. The first-order valence-electron chi connectivity index (χ1n) is 10.1. The van der Waals surface area contributed by atoms with Crippen LogP contribution in [0.5, 0.6) is 0 Å². The van der Waals surface area contributed by atoms with Gasteiger partial charge in [-0.15, -0.1) is 0 Å². The molecule has 2 aromatic rings. The summed E-state index contributed by atoms with van der Waals surface area (Å²) in [5.74, 6) is 1.33. The van der Waals surface area contributed by atoms with Crippen molar-refractivity contribution in [3.05, 3.63) is 24.2 Å². The van der Waals surface area contributed by atoms with Gasteiger partial charge in [-0.25, -0.2) is 14.3 Å². The van der Waals surface area contributed by atoms with E-state index in [4.69, 9.17) is 19.9 Å². The van der Waals surface area contributed by atoms with Crippen LogP contribution >= 0.6 is 0 Å². The van der Waals surface area contributed by atoms with Gasteiger partial charge in [0.1, 0.15) is 35.8 Å². The van der Waals surface area contributed by atoms with Crippen molar-refractivity contribution in [2.75, 3.05) is 5.73 Å². The molecule has 2 N–H and O–H groups in total. The molecule has 28 heavy (non-hydrogen) atoms. The Kier molecular flexibility index (Phi) is 4.01. The Hall–Kier alpha value is -2.35. The Morgan fingerprint density at radius 3 is 2.79 bits per heavy atom. The second kappa shape index (κ2) is 6.34. The first-order chi connectivity index (χ1) is 13.5. The lowest BCUT2D eigenvalue weighted by atomic mass is 9.89. The highest BCUT2D eigenvalue weighted by molar-refractivity contribution is 5.65. The summed E-state index contributed by atoms with van der Waals surface area (Å²) in [5.41, 5.74) is 7.15. The summed E-state index contributed by atoms with van der Waals surface area (Å²) in [6, 6.07) is 3.87. The molecule has 3 fully saturated rings. The largest absolute Gasteiger partial charge is 0.508 e. The van der Waals surface area contributed by atoms with Gasteiger partial charge >= 0.3 is 6.16 Å². The summed E-state index contributed by atoms with van der Waals surface area (Å²) in [7, 11) is 0. The fraction of sp³-hybridized carbons (Fsp3) is 0.650. The minimum Gasteiger partial charge on any atom is -0.431 e. The predicted octanol–water partition coefficient (Wildman–Crippen LogP) is 3.26. The minimum atomic E-state index is -0.561. The highest BCUT2D eigenvalue weighted by Crippen LogP contribution is 2.61. The van der Waals surface area contributed by atoms with E-state index < -0.39 is 11.8 Å². The molecule has 0 spiro atoms. The Bertz CT molecular complexity index is 907. The maximum absolute atomic E-state index is 12.2. The standard InChI is InChI=1S/C20H26N4O4/c1-11-3-5-12(6-4-11)26-19(25)27-17-13-9-16(28-20(13,17)2)14-7-8-15-18(21)22-10-23-24(14)15/h7-8,10-13,16-17H,3-6,9H2,1-2H3,(H2,21,22,23)/t11?,12?,13?,16-,17?,20+/m1/s1. The van der Waals surface area contributed by atoms with E-state index in [9.17, 15) is 4.79 Å². The summed E-state index contributed by atoms with van der Waals surface area (Å²) in [6.07, 6.45) is 5.33. The fourth-order valence-electron chi connectivity index (χ4n) is 4.84. The maximum Gasteiger partial charge on any atom is 0.508 e. The van der Waals surface area contributed by atoms with Gasteiger partial charge in [0.05, 0.1) is 5.69 Å². The van der Waals surface area contributed by atoms with E-state index in [0.29, 0.717) is 11.7 Å². The minimum absolute atomic E-state index is 0.0130. The molecule has 1 saturated heterocycles. The van der Waals surface area contributed by atoms with Crippen LogP contribution in [0.15, 0.2) is 18.5 Å². The van der Waals surface area contributed by atoms with Gasteiger partial charge in [0.25, 0.3) is 0 Å². The van der Waals surface area contributed by atoms with E-state index >= 15 is 0 Å². The SMILES string of the molecule is CC1CCC(OC(=O)OC2C3C[C@H](c4ccc5c(N)ncnn45)O[C@@]32C)CC1. The normalized spacial score (nSPS) is 36.9. The molecule has 0 aromatic carbocycles. The number of hydrogen-bond acceptors (Lipinski definition) is 7. The first-order valence-corrected chi connectivity index (χ1v) is 10.1. The van der Waals surface area contributed by atoms with E-state index in [-0.39, 0.29) is 24.2 Å². The molecule has 4 atom stereocenters. The quantitative estimate of drug-likeness (QED) is 0.808. The van der Waals surface area contributed by atoms with Crippen LogP contribution in [0.1, 0.15) is 57.7 Å². The molecule has 5 rings (SSSR count). The van der Waals surface area contributed by atoms with Crippen LogP contribution in [0.3, 0.4) is 0 Å². The zero-order valence-corrected chi connectivity index (χ0v) is 16.2. The lowest BCUT2D eigenvalue weighted by Crippen LogP contribution is -2.27. The molecule has 8 nitrogen and oxygen atoms in total. The topological polar surface area (TPSA) is 101 Å². The van der Waals surface area contributed by atoms with Gasteiger partial charge in [0.2, 0.25) is 0 Å². The number of carbonyl (C=O) groups is 1. The average molecular weight is 386 g/mol. The van der Waals surface area contributed by atoms with Gasteiger partial charge in [-0.3, -0.25) is 0 Å². The van der Waals surface area contributed by atoms with Crippen molar-refractivity contribution in [1.29, 1.82) is 0 Å². The summed E-state index contributed by atoms with van der Waals surface area (Å²) < 4.78 is 19.2. The van der Waals surface area contributed by atoms with Crippen LogP contribution in [-0.2, 0) is 14.2 Å². The number of fused-ring (bicyclic) bond motifs is 2. The Labute approximate surface area is 163 Å². The smallest absolute Gasteiger partial charge is 0.431 e. The van der Waals surface area contributed by atoms with E-state index in [1.54, 1.807) is 4.52 Å². The third kappa shape index (κ3) is 2.82. The summed E-state index contributed by atoms with van der Waals surface area (Å²) in [6.45, 7) is 4.24. The third-order valence-corrected chi connectivity index (χ3v) is 6.71. The molecule has 0 radical (unpaired) electrons. The van der Waals surface area contributed by atoms with Gasteiger partial charge in [-0.05, 0) is 57.1 Å². The van der Waals surface area contributed by atoms with E-state index in [0.717, 1.165) is 43.3 Å². The van der Waals surface area contributed by atoms with Crippen LogP contribution in [0.25, 0.3) is 5.52 Å². The molecule has 2 saturated carbocycles. The maximum atomic E-state index is 12.2. The monoisotopic (exact) mass is 386 g/mol. The van der Waals surface area contributed by atoms with Crippen molar-refractivity contribution in [3.8, 4) is 0 Å². The van der Waals surface area contributed by atoms with Crippen LogP contribution in [0.4, 0.5) is 10.6 Å². The number of aromatic nitrogens is 3. The summed E-state index contributed by atoms with van der Waals surface area (Å²) in [5, 5.41) is 4.29. The zero-order chi connectivity index (χ0) is 19.5. The van der Waals surface area contributed by atoms with Crippen LogP contribution in [0.2, 0.25) is 0 Å². The molecule has 2 aromatic heterocycles. The second-order valence-corrected chi connectivity index (χ2v) is 8.62. The van der Waals surface area contributed by atoms with E-state index in [1.165, 1.54) is 6.33 Å². The van der Waals surface area contributed by atoms with Crippen LogP contribution in [-0.4, -0.2) is 38.6 Å². The second-order valence-electron chi connectivity index (χ2n) is 8.62. The van der Waals surface area contributed by atoms with Gasteiger partial charge in [-0.2, -0.15) is 5.10 Å². The molecular formula is C20H26N4O4. The van der Waals surface area contributed by atoms with Gasteiger partial charge in [0, 0.05) is 5.92 Å². The third-order valence-electron chi connectivity index (χ3n) is 6.71. The van der Waals surface area contributed by atoms with Gasteiger partial charge in [-0.1, -0.05) is 6.92 Å². The number of ether oxygens (including phenoxy) is 3. The lowest BCUT2D eigenvalue weighted by molar-refractivity contribution is -0.0533. The van der Waals surface area contributed by atoms with Crippen molar-refractivity contribution < 1.29 is 19.0 Å². The Balaban J connectivity index is 1.20. The Morgan fingerprint density at radius 1 is 1.29 bits per heavy atom. The van der Waals surface area contributed by atoms with Gasteiger partial charge < -0.3 is 19.9 Å². The molecule has 2 aliphatic carbocycles. The predicted molar refractivity (Wildman–Crippen MR) is 101 cm³/mol. The number of anilines is 1. The molecule has 3 heterocycles. The van der Waals surface area contributed by atoms with Crippen LogP contribution in [0, 0.1) is 11.8 Å². The van der Waals surface area contributed by atoms with Crippen molar-refractivity contribution in [1.82, 2.24) is 14.6 Å². The first kappa shape index (κ1) is 17.7. The molecule has 1 aliphatic heterocycles. The molecule has 0 bridgehead atoms. The van der Waals surface area contributed by atoms with Crippen molar-refractivity contribution in [2.24, 2.45) is 11.8 Å². The van der Waals surface area contributed by atoms with Crippen molar-refractivity contribution >= 4 is 17.5 Å². The number of nitrogen functional groups attached to an aromatic ring is 1. The van der Waals surface area contributed by atoms with Crippen molar-refractivity contribution in [3.63, 3.8) is 0 Å². The molecular weight excluding hydrogens is 360 g/mol. The highest BCUT2D eigenvalue weighted by atomic mass is 16.7. The molecule has 0 amide bonds. The number of nitrogens with two attached hydrogens (primary N) is 1. The fourth-order valence-corrected chi connectivity index (χ4v) is 4.84. The van der Waals surface area contributed by atoms with Crippen molar-refractivity contribution in [2.45, 2.75) is 69.9 Å². The van der Waals surface area contributed by atoms with E-state index in [1.807, 2.05) is 19.1 Å². The molecule has 150 valence electrons. The number of hydrogen-bond donors (Lipinski definition) is 1. The zero-order valence-electron chi connectivity index (χ0n) is 16.2. The highest BCUT2D eigenvalue weighted by Gasteiger charge is 2.71. The average Bonchev–Trinajstić information content (AvgIpc) is 3.02. The van der Waals surface area contributed by atoms with Gasteiger partial charge in [0.15, 0.2) is 5.82 Å². The number of nitrogens with zero attached hydrogens (tertiary/aromatic N) is 3. The van der Waals surface area contributed by atoms with E-state index in [2.05, 4.69) is 17.0 Å². The van der Waals surface area contributed by atoms with Crippen LogP contribution < -0.4 is 5.73 Å². The molecule has 2 unspecified atom stereocenters. The molecule has 3 aliphatic rings. The summed E-state index contributed by atoms with van der Waals surface area (Å²) in [4.78, 5) is 16.2.